The van der Waals surface area contributed by atoms with Crippen LogP contribution >= 0.6 is 0 Å². The minimum Gasteiger partial charge on any atom is -0.368 e. The number of hydrogen-bond donors (Lipinski definition) is 1. The van der Waals surface area contributed by atoms with Crippen LogP contribution in [0.15, 0.2) is 71.7 Å². The molecule has 102 valence electrons. The summed E-state index contributed by atoms with van der Waals surface area (Å²) in [6.45, 7) is 1.79. The molecule has 2 heteroatoms. The van der Waals surface area contributed by atoms with Gasteiger partial charge in [0.05, 0.1) is 6.54 Å². The summed E-state index contributed by atoms with van der Waals surface area (Å²) in [6, 6.07) is 23.6. The van der Waals surface area contributed by atoms with Gasteiger partial charge in [0.2, 0.25) is 0 Å². The maximum Gasteiger partial charge on any atom is 0.129 e. The van der Waals surface area contributed by atoms with Crippen molar-refractivity contribution >= 4 is 16.6 Å². The highest BCUT2D eigenvalue weighted by molar-refractivity contribution is 6.05. The molecule has 1 heterocycles. The van der Waals surface area contributed by atoms with E-state index in [2.05, 4.69) is 77.0 Å². The van der Waals surface area contributed by atoms with Gasteiger partial charge in [-0.3, -0.25) is 4.99 Å². The summed E-state index contributed by atoms with van der Waals surface area (Å²) in [5.41, 5.74) is 3.65. The molecular weight excluding hydrogens is 256 g/mol. The van der Waals surface area contributed by atoms with Crippen molar-refractivity contribution in [1.29, 1.82) is 0 Å². The molecule has 1 aliphatic rings. The summed E-state index contributed by atoms with van der Waals surface area (Å²) in [6.07, 6.45) is 0. The predicted octanol–water partition coefficient (Wildman–Crippen LogP) is 3.86. The molecule has 0 spiro atoms. The Balaban J connectivity index is 1.88. The average molecular weight is 272 g/mol. The van der Waals surface area contributed by atoms with Crippen LogP contribution in [0.4, 0.5) is 0 Å². The van der Waals surface area contributed by atoms with Gasteiger partial charge in [-0.2, -0.15) is 0 Å². The van der Waals surface area contributed by atoms with Gasteiger partial charge in [-0.15, -0.1) is 0 Å². The first-order valence-corrected chi connectivity index (χ1v) is 7.29. The Morgan fingerprint density at radius 2 is 1.52 bits per heavy atom. The van der Waals surface area contributed by atoms with Gasteiger partial charge in [-0.25, -0.2) is 0 Å². The van der Waals surface area contributed by atoms with E-state index < -0.39 is 0 Å². The standard InChI is InChI=1S/C19H16N2/c1-2-6-15-13-16(10-9-14(15)5-1)17-7-3-4-8-18(17)19-20-11-12-21-19/h1-10,13H,11-12H2,(H,20,21). The van der Waals surface area contributed by atoms with E-state index in [4.69, 9.17) is 0 Å². The Hall–Kier alpha value is -2.61. The molecule has 0 saturated carbocycles. The fourth-order valence-electron chi connectivity index (χ4n) is 2.88. The Bertz CT molecular complexity index is 834. The van der Waals surface area contributed by atoms with E-state index in [-0.39, 0.29) is 0 Å². The number of benzene rings is 3. The van der Waals surface area contributed by atoms with Crippen LogP contribution in [0.25, 0.3) is 21.9 Å². The fraction of sp³-hybridized carbons (Fsp3) is 0.105. The Labute approximate surface area is 124 Å². The van der Waals surface area contributed by atoms with Crippen LogP contribution in [0.5, 0.6) is 0 Å². The Morgan fingerprint density at radius 1 is 0.762 bits per heavy atom. The van der Waals surface area contributed by atoms with Crippen molar-refractivity contribution in [1.82, 2.24) is 5.32 Å². The maximum atomic E-state index is 4.56. The molecular formula is C19H16N2. The second-order valence-corrected chi connectivity index (χ2v) is 5.26. The molecule has 4 rings (SSSR count). The molecule has 0 unspecified atom stereocenters. The third-order valence-corrected chi connectivity index (χ3v) is 3.92. The smallest absolute Gasteiger partial charge is 0.129 e. The number of amidine groups is 1. The Morgan fingerprint density at radius 3 is 2.33 bits per heavy atom. The number of nitrogens with one attached hydrogen (secondary N) is 1. The van der Waals surface area contributed by atoms with Crippen LogP contribution in [0.1, 0.15) is 5.56 Å². The van der Waals surface area contributed by atoms with Gasteiger partial charge in [0, 0.05) is 12.1 Å². The van der Waals surface area contributed by atoms with Crippen molar-refractivity contribution in [2.24, 2.45) is 4.99 Å². The van der Waals surface area contributed by atoms with Gasteiger partial charge >= 0.3 is 0 Å². The summed E-state index contributed by atoms with van der Waals surface area (Å²) in [4.78, 5) is 4.56. The highest BCUT2D eigenvalue weighted by atomic mass is 15.1. The van der Waals surface area contributed by atoms with Gasteiger partial charge in [0.1, 0.15) is 5.84 Å². The molecule has 0 bridgehead atoms. The molecule has 0 amide bonds. The molecule has 0 atom stereocenters. The first-order chi connectivity index (χ1) is 10.4. The number of fused-ring (bicyclic) bond motifs is 1. The molecule has 3 aromatic carbocycles. The first-order valence-electron chi connectivity index (χ1n) is 7.29. The van der Waals surface area contributed by atoms with Gasteiger partial charge in [0.15, 0.2) is 0 Å². The monoisotopic (exact) mass is 272 g/mol. The van der Waals surface area contributed by atoms with Crippen LogP contribution in [-0.2, 0) is 0 Å². The van der Waals surface area contributed by atoms with Gasteiger partial charge in [0.25, 0.3) is 0 Å². The molecule has 0 radical (unpaired) electrons. The lowest BCUT2D eigenvalue weighted by atomic mass is 9.96. The van der Waals surface area contributed by atoms with Crippen LogP contribution in [0.3, 0.4) is 0 Å². The van der Waals surface area contributed by atoms with Crippen molar-refractivity contribution < 1.29 is 0 Å². The molecule has 1 aliphatic heterocycles. The van der Waals surface area contributed by atoms with E-state index in [1.165, 1.54) is 27.5 Å². The lowest BCUT2D eigenvalue weighted by Gasteiger charge is -2.11. The lowest BCUT2D eigenvalue weighted by molar-refractivity contribution is 0.960. The summed E-state index contributed by atoms with van der Waals surface area (Å²) in [5, 5.41) is 5.91. The van der Waals surface area contributed by atoms with Gasteiger partial charge in [-0.1, -0.05) is 60.7 Å². The average Bonchev–Trinajstić information content (AvgIpc) is 3.09. The van der Waals surface area contributed by atoms with E-state index in [0.29, 0.717) is 0 Å². The zero-order valence-corrected chi connectivity index (χ0v) is 11.7. The lowest BCUT2D eigenvalue weighted by Crippen LogP contribution is -2.20. The van der Waals surface area contributed by atoms with Crippen molar-refractivity contribution in [3.8, 4) is 11.1 Å². The molecule has 21 heavy (non-hydrogen) atoms. The second-order valence-electron chi connectivity index (χ2n) is 5.26. The Kier molecular flexibility index (Phi) is 2.93. The zero-order valence-electron chi connectivity index (χ0n) is 11.7. The summed E-state index contributed by atoms with van der Waals surface area (Å²) >= 11 is 0. The summed E-state index contributed by atoms with van der Waals surface area (Å²) < 4.78 is 0. The largest absolute Gasteiger partial charge is 0.368 e. The topological polar surface area (TPSA) is 24.4 Å². The first kappa shape index (κ1) is 12.2. The zero-order chi connectivity index (χ0) is 14.1. The van der Waals surface area contributed by atoms with Crippen molar-refractivity contribution in [2.45, 2.75) is 0 Å². The van der Waals surface area contributed by atoms with E-state index in [1.54, 1.807) is 0 Å². The third-order valence-electron chi connectivity index (χ3n) is 3.92. The molecule has 1 N–H and O–H groups in total. The fourth-order valence-corrected chi connectivity index (χ4v) is 2.88. The second kappa shape index (κ2) is 5.06. The molecule has 0 fully saturated rings. The molecule has 3 aromatic rings. The van der Waals surface area contributed by atoms with Crippen LogP contribution in [-0.4, -0.2) is 18.9 Å². The minimum absolute atomic E-state index is 0.862. The SMILES string of the molecule is c1ccc(-c2ccc3ccccc3c2)c(C2=NCCN2)c1. The predicted molar refractivity (Wildman–Crippen MR) is 88.8 cm³/mol. The van der Waals surface area contributed by atoms with E-state index >= 15 is 0 Å². The molecule has 0 aromatic heterocycles. The molecule has 0 saturated heterocycles. The van der Waals surface area contributed by atoms with Crippen molar-refractivity contribution in [3.05, 3.63) is 72.3 Å². The normalized spacial score (nSPS) is 14.0. The molecule has 0 aliphatic carbocycles. The van der Waals surface area contributed by atoms with Crippen molar-refractivity contribution in [2.75, 3.05) is 13.1 Å². The third kappa shape index (κ3) is 2.19. The van der Waals surface area contributed by atoms with Crippen LogP contribution < -0.4 is 5.32 Å². The quantitative estimate of drug-likeness (QED) is 0.752. The van der Waals surface area contributed by atoms with Gasteiger partial charge < -0.3 is 5.32 Å². The maximum absolute atomic E-state index is 4.56. The highest BCUT2D eigenvalue weighted by Gasteiger charge is 2.13. The van der Waals surface area contributed by atoms with Crippen LogP contribution in [0.2, 0.25) is 0 Å². The summed E-state index contributed by atoms with van der Waals surface area (Å²) in [5.74, 6) is 1.01. The van der Waals surface area contributed by atoms with E-state index in [9.17, 15) is 0 Å². The number of aliphatic imine (C=N–C) groups is 1. The number of rotatable bonds is 2. The van der Waals surface area contributed by atoms with Crippen LogP contribution in [0, 0.1) is 0 Å². The number of hydrogen-bond acceptors (Lipinski definition) is 2. The minimum atomic E-state index is 0.862. The molecule has 2 nitrogen and oxygen atoms in total. The van der Waals surface area contributed by atoms with Crippen molar-refractivity contribution in [3.63, 3.8) is 0 Å². The summed E-state index contributed by atoms with van der Waals surface area (Å²) in [7, 11) is 0. The van der Waals surface area contributed by atoms with E-state index in [0.717, 1.165) is 18.9 Å². The number of nitrogens with zero attached hydrogens (tertiary/aromatic N) is 1. The highest BCUT2D eigenvalue weighted by Crippen LogP contribution is 2.27. The van der Waals surface area contributed by atoms with Gasteiger partial charge in [-0.05, 0) is 28.0 Å². The van der Waals surface area contributed by atoms with E-state index in [1.807, 2.05) is 0 Å².